The van der Waals surface area contributed by atoms with Gasteiger partial charge in [-0.25, -0.2) is 4.98 Å². The Labute approximate surface area is 149 Å². The number of Topliss-reactive ketones (excluding diaryl/α,β-unsaturated/α-hetero) is 1. The standard InChI is InChI=1S/C20H17NO5/c1-10(12-8-17(24)20(25)18(9-12)26-3)15-6-4-14-13(11(2)22)5-7-16(23)19(14)21-15/h4-9,23-25H,1H2,2-3H3. The summed E-state index contributed by atoms with van der Waals surface area (Å²) < 4.78 is 5.03. The number of ether oxygens (including phenoxy) is 1. The molecule has 2 aromatic carbocycles. The lowest BCUT2D eigenvalue weighted by molar-refractivity contribution is 0.101. The summed E-state index contributed by atoms with van der Waals surface area (Å²) in [5, 5.41) is 30.3. The van der Waals surface area contributed by atoms with Gasteiger partial charge in [-0.2, -0.15) is 0 Å². The Kier molecular flexibility index (Phi) is 4.26. The summed E-state index contributed by atoms with van der Waals surface area (Å²) in [4.78, 5) is 16.2. The molecule has 3 N–H and O–H groups in total. The summed E-state index contributed by atoms with van der Waals surface area (Å²) in [5.41, 5.74) is 2.14. The van der Waals surface area contributed by atoms with Crippen molar-refractivity contribution in [2.45, 2.75) is 6.92 Å². The van der Waals surface area contributed by atoms with Crippen molar-refractivity contribution in [3.63, 3.8) is 0 Å². The van der Waals surface area contributed by atoms with Crippen LogP contribution in [0.4, 0.5) is 0 Å². The van der Waals surface area contributed by atoms with Gasteiger partial charge in [-0.3, -0.25) is 4.79 Å². The maximum Gasteiger partial charge on any atom is 0.200 e. The van der Waals surface area contributed by atoms with Crippen molar-refractivity contribution in [3.8, 4) is 23.0 Å². The van der Waals surface area contributed by atoms with Crippen LogP contribution in [0.3, 0.4) is 0 Å². The lowest BCUT2D eigenvalue weighted by Gasteiger charge is -2.12. The molecule has 0 bridgehead atoms. The van der Waals surface area contributed by atoms with Crippen molar-refractivity contribution >= 4 is 22.3 Å². The van der Waals surface area contributed by atoms with Crippen LogP contribution in [0, 0.1) is 0 Å². The van der Waals surface area contributed by atoms with E-state index < -0.39 is 0 Å². The van der Waals surface area contributed by atoms with Crippen LogP contribution >= 0.6 is 0 Å². The Hall–Kier alpha value is -3.54. The number of hydrogen-bond acceptors (Lipinski definition) is 6. The van der Waals surface area contributed by atoms with Gasteiger partial charge in [0, 0.05) is 16.5 Å². The first kappa shape index (κ1) is 17.3. The molecule has 132 valence electrons. The quantitative estimate of drug-likeness (QED) is 0.490. The molecule has 3 rings (SSSR count). The van der Waals surface area contributed by atoms with Gasteiger partial charge in [-0.05, 0) is 48.9 Å². The predicted octanol–water partition coefficient (Wildman–Crippen LogP) is 3.62. The van der Waals surface area contributed by atoms with Crippen molar-refractivity contribution in [1.29, 1.82) is 0 Å². The molecule has 0 radical (unpaired) electrons. The molecule has 1 heterocycles. The molecule has 3 aromatic rings. The molecule has 0 aliphatic heterocycles. The number of pyridine rings is 1. The first-order chi connectivity index (χ1) is 12.3. The Bertz CT molecular complexity index is 1060. The number of ketones is 1. The smallest absolute Gasteiger partial charge is 0.200 e. The normalized spacial score (nSPS) is 10.7. The highest BCUT2D eigenvalue weighted by Gasteiger charge is 2.15. The first-order valence-corrected chi connectivity index (χ1v) is 7.76. The van der Waals surface area contributed by atoms with Gasteiger partial charge in [0.05, 0.1) is 12.8 Å². The molecule has 0 unspecified atom stereocenters. The van der Waals surface area contributed by atoms with E-state index in [-0.39, 0.29) is 34.3 Å². The summed E-state index contributed by atoms with van der Waals surface area (Å²) in [7, 11) is 1.37. The number of carbonyl (C=O) groups is 1. The molecule has 6 heteroatoms. The van der Waals surface area contributed by atoms with Gasteiger partial charge in [0.2, 0.25) is 5.75 Å². The highest BCUT2D eigenvalue weighted by Crippen LogP contribution is 2.39. The van der Waals surface area contributed by atoms with E-state index in [1.165, 1.54) is 32.2 Å². The van der Waals surface area contributed by atoms with Gasteiger partial charge < -0.3 is 20.1 Å². The van der Waals surface area contributed by atoms with E-state index in [1.54, 1.807) is 18.2 Å². The zero-order valence-corrected chi connectivity index (χ0v) is 14.3. The van der Waals surface area contributed by atoms with E-state index >= 15 is 0 Å². The Morgan fingerprint density at radius 3 is 2.46 bits per heavy atom. The molecule has 0 fully saturated rings. The Balaban J connectivity index is 2.14. The topological polar surface area (TPSA) is 99.9 Å². The van der Waals surface area contributed by atoms with Crippen LogP contribution in [-0.4, -0.2) is 33.2 Å². The predicted molar refractivity (Wildman–Crippen MR) is 97.9 cm³/mol. The molecule has 0 amide bonds. The second-order valence-corrected chi connectivity index (χ2v) is 5.81. The van der Waals surface area contributed by atoms with Gasteiger partial charge in [0.15, 0.2) is 17.3 Å². The minimum atomic E-state index is -0.362. The van der Waals surface area contributed by atoms with Crippen LogP contribution in [0.25, 0.3) is 16.5 Å². The summed E-state index contributed by atoms with van der Waals surface area (Å²) in [5.74, 6) is -0.784. The number of methoxy groups -OCH3 is 1. The second-order valence-electron chi connectivity index (χ2n) is 5.81. The van der Waals surface area contributed by atoms with Crippen molar-refractivity contribution in [2.24, 2.45) is 0 Å². The fourth-order valence-electron chi connectivity index (χ4n) is 2.75. The second kappa shape index (κ2) is 6.40. The number of carbonyl (C=O) groups excluding carboxylic acids is 1. The number of hydrogen-bond donors (Lipinski definition) is 3. The number of rotatable bonds is 4. The average molecular weight is 351 g/mol. The van der Waals surface area contributed by atoms with E-state index in [2.05, 4.69) is 11.6 Å². The summed E-state index contributed by atoms with van der Waals surface area (Å²) in [6.07, 6.45) is 0. The first-order valence-electron chi connectivity index (χ1n) is 7.76. The minimum absolute atomic E-state index is 0.0502. The minimum Gasteiger partial charge on any atom is -0.506 e. The third-order valence-electron chi connectivity index (χ3n) is 4.15. The summed E-state index contributed by atoms with van der Waals surface area (Å²) in [6.45, 7) is 5.42. The van der Waals surface area contributed by atoms with E-state index in [1.807, 2.05) is 0 Å². The van der Waals surface area contributed by atoms with E-state index in [4.69, 9.17) is 4.74 Å². The number of aromatic nitrogens is 1. The molecule has 0 aliphatic carbocycles. The monoisotopic (exact) mass is 351 g/mol. The van der Waals surface area contributed by atoms with Gasteiger partial charge in [0.25, 0.3) is 0 Å². The van der Waals surface area contributed by atoms with E-state index in [0.29, 0.717) is 27.8 Å². The van der Waals surface area contributed by atoms with Crippen LogP contribution in [0.1, 0.15) is 28.5 Å². The highest BCUT2D eigenvalue weighted by molar-refractivity contribution is 6.07. The van der Waals surface area contributed by atoms with Gasteiger partial charge in [-0.1, -0.05) is 6.58 Å². The number of nitrogens with zero attached hydrogens (tertiary/aromatic N) is 1. The number of fused-ring (bicyclic) bond motifs is 1. The molecule has 0 saturated heterocycles. The highest BCUT2D eigenvalue weighted by atomic mass is 16.5. The maximum atomic E-state index is 11.8. The molecule has 6 nitrogen and oxygen atoms in total. The molecule has 1 aromatic heterocycles. The zero-order chi connectivity index (χ0) is 19.0. The molecule has 0 saturated carbocycles. The summed E-state index contributed by atoms with van der Waals surface area (Å²) in [6, 6.07) is 9.21. The van der Waals surface area contributed by atoms with E-state index in [0.717, 1.165) is 0 Å². The molecule has 26 heavy (non-hydrogen) atoms. The molecular formula is C20H17NO5. The van der Waals surface area contributed by atoms with Crippen molar-refractivity contribution < 1.29 is 24.9 Å². The van der Waals surface area contributed by atoms with Crippen molar-refractivity contribution in [1.82, 2.24) is 4.98 Å². The van der Waals surface area contributed by atoms with Crippen LogP contribution in [0.2, 0.25) is 0 Å². The number of benzene rings is 2. The van der Waals surface area contributed by atoms with Crippen molar-refractivity contribution in [3.05, 3.63) is 59.8 Å². The largest absolute Gasteiger partial charge is 0.506 e. The summed E-state index contributed by atoms with van der Waals surface area (Å²) >= 11 is 0. The van der Waals surface area contributed by atoms with Crippen LogP contribution in [0.5, 0.6) is 23.0 Å². The Morgan fingerprint density at radius 1 is 1.08 bits per heavy atom. The zero-order valence-electron chi connectivity index (χ0n) is 14.3. The molecule has 0 spiro atoms. The third-order valence-corrected chi connectivity index (χ3v) is 4.15. The van der Waals surface area contributed by atoms with Crippen molar-refractivity contribution in [2.75, 3.05) is 7.11 Å². The van der Waals surface area contributed by atoms with Gasteiger partial charge in [-0.15, -0.1) is 0 Å². The SMILES string of the molecule is C=C(c1cc(O)c(O)c(OC)c1)c1ccc2c(C(C)=O)ccc(O)c2n1. The molecule has 0 aliphatic rings. The van der Waals surface area contributed by atoms with Crippen LogP contribution in [-0.2, 0) is 0 Å². The van der Waals surface area contributed by atoms with Crippen LogP contribution in [0.15, 0.2) is 43.0 Å². The average Bonchev–Trinajstić information content (AvgIpc) is 2.63. The maximum absolute atomic E-state index is 11.8. The van der Waals surface area contributed by atoms with Gasteiger partial charge in [0.1, 0.15) is 11.3 Å². The number of phenolic OH excluding ortho intramolecular Hbond substituents is 3. The van der Waals surface area contributed by atoms with Gasteiger partial charge >= 0.3 is 0 Å². The van der Waals surface area contributed by atoms with E-state index in [9.17, 15) is 20.1 Å². The van der Waals surface area contributed by atoms with Crippen LogP contribution < -0.4 is 4.74 Å². The third kappa shape index (κ3) is 2.82. The lowest BCUT2D eigenvalue weighted by Crippen LogP contribution is -1.97. The number of aromatic hydroxyl groups is 3. The lowest BCUT2D eigenvalue weighted by atomic mass is 10.00. The Morgan fingerprint density at radius 2 is 1.81 bits per heavy atom. The fraction of sp³-hybridized carbons (Fsp3) is 0.100. The molecular weight excluding hydrogens is 334 g/mol. The number of phenols is 3. The fourth-order valence-corrected chi connectivity index (χ4v) is 2.75. The molecule has 0 atom stereocenters.